The molecule has 0 spiro atoms. The van der Waals surface area contributed by atoms with Crippen LogP contribution in [0.1, 0.15) is 38.3 Å². The van der Waals surface area contributed by atoms with Gasteiger partial charge in [0.25, 0.3) is 0 Å². The van der Waals surface area contributed by atoms with Crippen LogP contribution in [0.25, 0.3) is 22.4 Å². The van der Waals surface area contributed by atoms with Gasteiger partial charge < -0.3 is 10.1 Å². The molecule has 5 nitrogen and oxygen atoms in total. The highest BCUT2D eigenvalue weighted by molar-refractivity contribution is 5.85. The van der Waals surface area contributed by atoms with Crippen LogP contribution in [-0.4, -0.2) is 26.0 Å². The molecule has 0 radical (unpaired) electrons. The molecule has 0 bridgehead atoms. The molecule has 0 amide bonds. The fourth-order valence-corrected chi connectivity index (χ4v) is 2.82. The van der Waals surface area contributed by atoms with E-state index in [4.69, 9.17) is 5.11 Å². The van der Waals surface area contributed by atoms with Gasteiger partial charge in [0.15, 0.2) is 5.65 Å². The van der Waals surface area contributed by atoms with Crippen LogP contribution < -0.4 is 0 Å². The first-order chi connectivity index (χ1) is 11.4. The molecule has 124 valence electrons. The number of H-pyrrole nitrogens is 1. The maximum Gasteiger partial charge on any atom is 0.303 e. The lowest BCUT2D eigenvalue weighted by Gasteiger charge is -2.19. The van der Waals surface area contributed by atoms with Gasteiger partial charge in [-0.15, -0.1) is 0 Å². The Labute approximate surface area is 140 Å². The van der Waals surface area contributed by atoms with Crippen LogP contribution in [0.15, 0.2) is 36.7 Å². The van der Waals surface area contributed by atoms with Crippen LogP contribution in [0, 0.1) is 0 Å². The van der Waals surface area contributed by atoms with E-state index >= 15 is 0 Å². The molecular weight excluding hydrogens is 302 g/mol. The Morgan fingerprint density at radius 1 is 1.12 bits per heavy atom. The number of aliphatic carboxylic acids is 1. The summed E-state index contributed by atoms with van der Waals surface area (Å²) >= 11 is 0. The minimum atomic E-state index is -0.817. The third-order valence-electron chi connectivity index (χ3n) is 4.16. The molecule has 1 aromatic carbocycles. The third kappa shape index (κ3) is 3.15. The van der Waals surface area contributed by atoms with E-state index in [1.165, 1.54) is 5.56 Å². The lowest BCUT2D eigenvalue weighted by Crippen LogP contribution is -2.10. The molecular formula is C19H21N3O2. The Morgan fingerprint density at radius 3 is 2.42 bits per heavy atom. The Balaban J connectivity index is 2.07. The number of hydrogen-bond donors (Lipinski definition) is 2. The Morgan fingerprint density at radius 2 is 1.79 bits per heavy atom. The van der Waals surface area contributed by atoms with E-state index in [2.05, 4.69) is 60.0 Å². The van der Waals surface area contributed by atoms with E-state index in [0.717, 1.165) is 22.3 Å². The van der Waals surface area contributed by atoms with Gasteiger partial charge in [-0.2, -0.15) is 0 Å². The van der Waals surface area contributed by atoms with E-state index in [1.54, 1.807) is 12.4 Å². The Hall–Kier alpha value is -2.69. The van der Waals surface area contributed by atoms with Gasteiger partial charge in [-0.25, -0.2) is 4.98 Å². The minimum absolute atomic E-state index is 0.0661. The second kappa shape index (κ2) is 6.07. The fraction of sp³-hybridized carbons (Fsp3) is 0.316. The average Bonchev–Trinajstić information content (AvgIpc) is 2.91. The molecule has 0 aliphatic rings. The number of fused-ring (bicyclic) bond motifs is 1. The summed E-state index contributed by atoms with van der Waals surface area (Å²) in [6, 6.07) is 8.36. The molecule has 3 aromatic rings. The van der Waals surface area contributed by atoms with Crippen molar-refractivity contribution in [2.24, 2.45) is 0 Å². The molecule has 0 unspecified atom stereocenters. The summed E-state index contributed by atoms with van der Waals surface area (Å²) in [5.41, 5.74) is 5.60. The van der Waals surface area contributed by atoms with Gasteiger partial charge in [0.1, 0.15) is 5.52 Å². The summed E-state index contributed by atoms with van der Waals surface area (Å²) in [5, 5.41) is 9.03. The van der Waals surface area contributed by atoms with E-state index in [-0.39, 0.29) is 11.8 Å². The molecule has 2 N–H and O–H groups in total. The van der Waals surface area contributed by atoms with Crippen molar-refractivity contribution in [2.75, 3.05) is 0 Å². The number of benzene rings is 1. The minimum Gasteiger partial charge on any atom is -0.481 e. The molecule has 0 saturated carbocycles. The molecule has 0 fully saturated rings. The highest BCUT2D eigenvalue weighted by Crippen LogP contribution is 2.31. The van der Waals surface area contributed by atoms with Gasteiger partial charge >= 0.3 is 5.97 Å². The number of hydrogen-bond acceptors (Lipinski definition) is 3. The molecule has 2 aromatic heterocycles. The summed E-state index contributed by atoms with van der Waals surface area (Å²) in [5.74, 6) is -0.817. The van der Waals surface area contributed by atoms with Crippen molar-refractivity contribution in [3.63, 3.8) is 0 Å². The van der Waals surface area contributed by atoms with Crippen LogP contribution in [-0.2, 0) is 16.6 Å². The number of rotatable bonds is 4. The first kappa shape index (κ1) is 16.2. The van der Waals surface area contributed by atoms with Crippen molar-refractivity contribution in [1.82, 2.24) is 15.0 Å². The molecule has 0 aliphatic heterocycles. The van der Waals surface area contributed by atoms with Gasteiger partial charge in [-0.3, -0.25) is 9.78 Å². The smallest absolute Gasteiger partial charge is 0.303 e. The zero-order valence-electron chi connectivity index (χ0n) is 14.1. The van der Waals surface area contributed by atoms with Gasteiger partial charge in [0, 0.05) is 24.4 Å². The summed E-state index contributed by atoms with van der Waals surface area (Å²) in [6.45, 7) is 6.53. The number of aryl methyl sites for hydroxylation is 1. The van der Waals surface area contributed by atoms with Crippen molar-refractivity contribution in [3.8, 4) is 11.3 Å². The molecule has 5 heteroatoms. The van der Waals surface area contributed by atoms with Crippen molar-refractivity contribution in [2.45, 2.75) is 39.0 Å². The van der Waals surface area contributed by atoms with E-state index in [0.29, 0.717) is 12.1 Å². The first-order valence-corrected chi connectivity index (χ1v) is 8.00. The summed E-state index contributed by atoms with van der Waals surface area (Å²) < 4.78 is 0. The van der Waals surface area contributed by atoms with Gasteiger partial charge in [-0.05, 0) is 23.0 Å². The van der Waals surface area contributed by atoms with E-state index in [9.17, 15) is 4.79 Å². The number of nitrogens with one attached hydrogen (secondary N) is 1. The van der Waals surface area contributed by atoms with Gasteiger partial charge in [0.05, 0.1) is 5.69 Å². The van der Waals surface area contributed by atoms with Crippen molar-refractivity contribution in [3.05, 3.63) is 47.8 Å². The normalized spacial score (nSPS) is 11.8. The molecule has 0 aliphatic carbocycles. The van der Waals surface area contributed by atoms with Crippen LogP contribution >= 0.6 is 0 Å². The van der Waals surface area contributed by atoms with Crippen molar-refractivity contribution < 1.29 is 9.90 Å². The largest absolute Gasteiger partial charge is 0.481 e. The zero-order chi connectivity index (χ0) is 17.3. The van der Waals surface area contributed by atoms with Gasteiger partial charge in [-0.1, -0.05) is 45.0 Å². The zero-order valence-corrected chi connectivity index (χ0v) is 14.1. The SMILES string of the molecule is CC(C)(C)c1ccc(-c2[nH]c3nccnc3c2CCC(=O)O)cc1. The van der Waals surface area contributed by atoms with Gasteiger partial charge in [0.2, 0.25) is 0 Å². The molecule has 0 saturated heterocycles. The van der Waals surface area contributed by atoms with Crippen LogP contribution in [0.5, 0.6) is 0 Å². The van der Waals surface area contributed by atoms with E-state index < -0.39 is 5.97 Å². The van der Waals surface area contributed by atoms with E-state index in [1.807, 2.05) is 0 Å². The Kier molecular flexibility index (Phi) is 4.09. The summed E-state index contributed by atoms with van der Waals surface area (Å²) in [4.78, 5) is 23.0. The number of aromatic nitrogens is 3. The monoisotopic (exact) mass is 323 g/mol. The molecule has 0 atom stereocenters. The maximum absolute atomic E-state index is 11.0. The first-order valence-electron chi connectivity index (χ1n) is 8.00. The number of aromatic amines is 1. The highest BCUT2D eigenvalue weighted by Gasteiger charge is 2.17. The lowest BCUT2D eigenvalue weighted by molar-refractivity contribution is -0.136. The average molecular weight is 323 g/mol. The highest BCUT2D eigenvalue weighted by atomic mass is 16.4. The molecule has 24 heavy (non-hydrogen) atoms. The Bertz CT molecular complexity index is 874. The summed E-state index contributed by atoms with van der Waals surface area (Å²) in [7, 11) is 0. The number of carbonyl (C=O) groups is 1. The number of carboxylic acid groups (broad SMARTS) is 1. The molecule has 2 heterocycles. The fourth-order valence-electron chi connectivity index (χ4n) is 2.82. The number of nitrogens with zero attached hydrogens (tertiary/aromatic N) is 2. The topological polar surface area (TPSA) is 78.9 Å². The van der Waals surface area contributed by atoms with Crippen molar-refractivity contribution >= 4 is 17.1 Å². The standard InChI is InChI=1S/C19H21N3O2/c1-19(2,3)13-6-4-12(5-7-13)16-14(8-9-15(23)24)17-18(22-16)21-11-10-20-17/h4-7,10-11H,8-9H2,1-3H3,(H,21,22)(H,23,24). The quantitative estimate of drug-likeness (QED) is 0.762. The van der Waals surface area contributed by atoms with Crippen molar-refractivity contribution in [1.29, 1.82) is 0 Å². The molecule has 3 rings (SSSR count). The second-order valence-electron chi connectivity index (χ2n) is 6.95. The number of carboxylic acids is 1. The van der Waals surface area contributed by atoms with Crippen LogP contribution in [0.2, 0.25) is 0 Å². The van der Waals surface area contributed by atoms with Crippen LogP contribution in [0.3, 0.4) is 0 Å². The predicted octanol–water partition coefficient (Wildman–Crippen LogP) is 3.94. The maximum atomic E-state index is 11.0. The third-order valence-corrected chi connectivity index (χ3v) is 4.16. The predicted molar refractivity (Wildman–Crippen MR) is 94.0 cm³/mol. The summed E-state index contributed by atoms with van der Waals surface area (Å²) in [6.07, 6.45) is 3.75. The van der Waals surface area contributed by atoms with Crippen LogP contribution in [0.4, 0.5) is 0 Å². The second-order valence-corrected chi connectivity index (χ2v) is 6.95. The lowest BCUT2D eigenvalue weighted by atomic mass is 9.86.